The monoisotopic (exact) mass is 752 g/mol. The molecule has 0 saturated carbocycles. The third-order valence-electron chi connectivity index (χ3n) is 12.4. The Bertz CT molecular complexity index is 3420. The maximum atomic E-state index is 7.02. The highest BCUT2D eigenvalue weighted by Crippen LogP contribution is 2.43. The van der Waals surface area contributed by atoms with E-state index in [1.807, 2.05) is 0 Å². The Morgan fingerprint density at radius 2 is 0.881 bits per heavy atom. The Balaban J connectivity index is 0.939. The second-order valence-corrected chi connectivity index (χ2v) is 15.6. The minimum Gasteiger partial charge on any atom is -0.551 e. The molecule has 9 aromatic carbocycles. The first-order valence-corrected chi connectivity index (χ1v) is 20.2. The quantitative estimate of drug-likeness (QED) is 0.168. The van der Waals surface area contributed by atoms with Crippen LogP contribution < -0.4 is 20.3 Å². The summed E-state index contributed by atoms with van der Waals surface area (Å²) >= 11 is 0. The van der Waals surface area contributed by atoms with Crippen molar-refractivity contribution in [1.29, 1.82) is 0 Å². The first-order valence-electron chi connectivity index (χ1n) is 20.2. The van der Waals surface area contributed by atoms with Crippen LogP contribution in [-0.4, -0.2) is 16.0 Å². The molecule has 0 fully saturated rings. The molecule has 2 aliphatic heterocycles. The average molecular weight is 753 g/mol. The molecule has 4 heterocycles. The van der Waals surface area contributed by atoms with Gasteiger partial charge < -0.3 is 18.5 Å². The zero-order valence-corrected chi connectivity index (χ0v) is 31.8. The van der Waals surface area contributed by atoms with E-state index in [9.17, 15) is 0 Å². The molecule has 0 aliphatic carbocycles. The van der Waals surface area contributed by atoms with Gasteiger partial charge in [0, 0.05) is 49.3 Å². The lowest BCUT2D eigenvalue weighted by molar-refractivity contribution is 0.480. The van der Waals surface area contributed by atoms with Gasteiger partial charge in [0.1, 0.15) is 17.2 Å². The fraction of sp³-hybridized carbons (Fsp3) is 0. The van der Waals surface area contributed by atoms with Crippen LogP contribution in [0.25, 0.3) is 88.4 Å². The highest BCUT2D eigenvalue weighted by molar-refractivity contribution is 6.84. The van der Waals surface area contributed by atoms with E-state index in [4.69, 9.17) is 9.39 Å². The lowest BCUT2D eigenvalue weighted by atomic mass is 9.50. The summed E-state index contributed by atoms with van der Waals surface area (Å²) in [6.45, 7) is -0.299. The van der Waals surface area contributed by atoms with Crippen molar-refractivity contribution in [3.05, 3.63) is 200 Å². The molecule has 0 radical (unpaired) electrons. The molecule has 59 heavy (non-hydrogen) atoms. The second-order valence-electron chi connectivity index (χ2n) is 15.6. The average Bonchev–Trinajstić information content (AvgIpc) is 3.82. The van der Waals surface area contributed by atoms with Crippen molar-refractivity contribution in [2.45, 2.75) is 0 Å². The number of aromatic nitrogens is 2. The van der Waals surface area contributed by atoms with Gasteiger partial charge in [-0.15, -0.1) is 0 Å². The molecule has 4 nitrogen and oxygen atoms in total. The maximum Gasteiger partial charge on any atom is 0.434 e. The first-order chi connectivity index (χ1) is 29.3. The van der Waals surface area contributed by atoms with Gasteiger partial charge in [-0.2, -0.15) is 0 Å². The fourth-order valence-corrected chi connectivity index (χ4v) is 9.79. The van der Waals surface area contributed by atoms with Gasteiger partial charge in [0.25, 0.3) is 0 Å². The van der Waals surface area contributed by atoms with E-state index >= 15 is 0 Å². The molecule has 0 unspecified atom stereocenters. The molecule has 0 bridgehead atoms. The smallest absolute Gasteiger partial charge is 0.434 e. The number of ether oxygens (including phenoxy) is 1. The summed E-state index contributed by atoms with van der Waals surface area (Å²) in [5.41, 5.74) is 15.8. The van der Waals surface area contributed by atoms with Crippen molar-refractivity contribution in [3.63, 3.8) is 0 Å². The van der Waals surface area contributed by atoms with Crippen molar-refractivity contribution < 1.29 is 9.39 Å². The third-order valence-corrected chi connectivity index (χ3v) is 12.4. The second kappa shape index (κ2) is 12.4. The van der Waals surface area contributed by atoms with E-state index in [-0.39, 0.29) is 6.92 Å². The molecule has 0 N–H and O–H groups in total. The van der Waals surface area contributed by atoms with Crippen LogP contribution in [0.3, 0.4) is 0 Å². The van der Waals surface area contributed by atoms with Crippen LogP contribution in [-0.2, 0) is 0 Å². The highest BCUT2D eigenvalue weighted by atomic mass is 16.5. The molecular formula is C54H33BN2O2. The number of nitrogens with zero attached hydrogens (tertiary/aromatic N) is 2. The summed E-state index contributed by atoms with van der Waals surface area (Å²) in [5.74, 6) is 2.51. The summed E-state index contributed by atoms with van der Waals surface area (Å²) in [6.07, 6.45) is 0. The van der Waals surface area contributed by atoms with Crippen molar-refractivity contribution in [2.24, 2.45) is 0 Å². The molecule has 0 spiro atoms. The van der Waals surface area contributed by atoms with Gasteiger partial charge in [0.15, 0.2) is 0 Å². The zero-order chi connectivity index (χ0) is 38.6. The number of hydrogen-bond donors (Lipinski definition) is 0. The molecule has 2 aromatic heterocycles. The van der Waals surface area contributed by atoms with Crippen molar-refractivity contribution in [1.82, 2.24) is 9.13 Å². The Labute approximate surface area is 340 Å². The molecule has 11 aromatic rings. The van der Waals surface area contributed by atoms with Gasteiger partial charge in [-0.25, -0.2) is 0 Å². The van der Waals surface area contributed by atoms with Gasteiger partial charge in [0.05, 0.1) is 27.8 Å². The summed E-state index contributed by atoms with van der Waals surface area (Å²) < 4.78 is 18.7. The lowest BCUT2D eigenvalue weighted by Gasteiger charge is -2.33. The normalized spacial score (nSPS) is 12.6. The largest absolute Gasteiger partial charge is 0.551 e. The minimum atomic E-state index is -0.299. The van der Waals surface area contributed by atoms with Crippen molar-refractivity contribution in [3.8, 4) is 62.0 Å². The van der Waals surface area contributed by atoms with Crippen LogP contribution in [0.15, 0.2) is 200 Å². The molecule has 13 rings (SSSR count). The van der Waals surface area contributed by atoms with Gasteiger partial charge >= 0.3 is 6.92 Å². The maximum absolute atomic E-state index is 7.02. The van der Waals surface area contributed by atoms with E-state index in [0.717, 1.165) is 72.9 Å². The number of fused-ring (bicyclic) bond motifs is 10. The van der Waals surface area contributed by atoms with Gasteiger partial charge in [-0.1, -0.05) is 133 Å². The number of para-hydroxylation sites is 6. The van der Waals surface area contributed by atoms with Crippen LogP contribution in [0, 0.1) is 0 Å². The molecule has 0 amide bonds. The lowest BCUT2D eigenvalue weighted by Crippen LogP contribution is -2.53. The van der Waals surface area contributed by atoms with E-state index in [2.05, 4.69) is 209 Å². The molecular weight excluding hydrogens is 719 g/mol. The summed E-state index contributed by atoms with van der Waals surface area (Å²) in [7, 11) is 0. The molecule has 0 atom stereocenters. The van der Waals surface area contributed by atoms with Gasteiger partial charge in [0.2, 0.25) is 0 Å². The van der Waals surface area contributed by atoms with Crippen LogP contribution >= 0.6 is 0 Å². The standard InChI is InChI=1S/C54H33BN2O2/c1-7-19-46(57-49-22-10-4-16-41(49)42-17-5-11-23-50(42)57)38(13-1)35-27-30-45-52(32-35)58-53-33-36(31-44-43-18-6-12-24-51(43)59-55(45)54(44)53)34-25-28-37(29-26-34)56-47-20-8-2-14-39(47)40-15-3-9-21-48(40)56/h1-33H. The number of rotatable bonds is 4. The topological polar surface area (TPSA) is 28.3 Å². The summed E-state index contributed by atoms with van der Waals surface area (Å²) in [6, 6.07) is 71.7. The Kier molecular flexibility index (Phi) is 6.78. The predicted molar refractivity (Wildman–Crippen MR) is 244 cm³/mol. The Morgan fingerprint density at radius 1 is 0.356 bits per heavy atom. The van der Waals surface area contributed by atoms with E-state index in [1.54, 1.807) is 0 Å². The number of benzene rings is 9. The molecule has 5 heteroatoms. The van der Waals surface area contributed by atoms with Gasteiger partial charge in [-0.3, -0.25) is 0 Å². The Morgan fingerprint density at radius 3 is 1.54 bits per heavy atom. The van der Waals surface area contributed by atoms with Crippen molar-refractivity contribution >= 4 is 61.5 Å². The molecule has 274 valence electrons. The van der Waals surface area contributed by atoms with E-state index < -0.39 is 0 Å². The van der Waals surface area contributed by atoms with Gasteiger partial charge in [-0.05, 0) is 89.0 Å². The predicted octanol–water partition coefficient (Wildman–Crippen LogP) is 12.5. The van der Waals surface area contributed by atoms with E-state index in [1.165, 1.54) is 43.6 Å². The molecule has 0 saturated heterocycles. The van der Waals surface area contributed by atoms with Crippen LogP contribution in [0.5, 0.6) is 17.2 Å². The van der Waals surface area contributed by atoms with Crippen LogP contribution in [0.4, 0.5) is 0 Å². The van der Waals surface area contributed by atoms with Crippen molar-refractivity contribution in [2.75, 3.05) is 0 Å². The third kappa shape index (κ3) is 4.73. The first kappa shape index (κ1) is 32.3. The zero-order valence-electron chi connectivity index (χ0n) is 31.8. The van der Waals surface area contributed by atoms with Crippen LogP contribution in [0.2, 0.25) is 0 Å². The summed E-state index contributed by atoms with van der Waals surface area (Å²) in [4.78, 5) is 0. The number of hydrogen-bond acceptors (Lipinski definition) is 2. The summed E-state index contributed by atoms with van der Waals surface area (Å²) in [5, 5.41) is 5.00. The minimum absolute atomic E-state index is 0.299. The molecule has 2 aliphatic rings. The Hall–Kier alpha value is -7.76. The fourth-order valence-electron chi connectivity index (χ4n) is 9.79. The SMILES string of the molecule is c1ccc2c(c1)OB1c3ccc(-c4ccccc4-n4c5ccccc5c5ccccc54)cc3Oc3cc(-c4ccc(-n5c6ccccc6c6ccccc65)cc4)cc-2c31. The van der Waals surface area contributed by atoms with Crippen LogP contribution in [0.1, 0.15) is 0 Å². The highest BCUT2D eigenvalue weighted by Gasteiger charge is 2.41. The van der Waals surface area contributed by atoms with E-state index in [0.29, 0.717) is 0 Å².